The second kappa shape index (κ2) is 4.90. The normalized spacial score (nSPS) is 28.5. The molecule has 3 nitrogen and oxygen atoms in total. The van der Waals surface area contributed by atoms with E-state index in [1.54, 1.807) is 0 Å². The standard InChI is InChI=1S/C15H22N2O/c16-12-15(17-9-3-4-10-17)8-5-11-18-14-7-2-1-6-13(14)15/h1-2,6-7H,3-5,8-12,16H2. The zero-order valence-electron chi connectivity index (χ0n) is 10.9. The number of nitrogens with zero attached hydrogens (tertiary/aromatic N) is 1. The first kappa shape index (κ1) is 12.0. The molecule has 0 bridgehead atoms. The Morgan fingerprint density at radius 2 is 1.94 bits per heavy atom. The van der Waals surface area contributed by atoms with Gasteiger partial charge in [-0.25, -0.2) is 0 Å². The number of nitrogens with two attached hydrogens (primary N) is 1. The third-order valence-corrected chi connectivity index (χ3v) is 4.43. The lowest BCUT2D eigenvalue weighted by Gasteiger charge is -2.41. The molecule has 0 saturated carbocycles. The van der Waals surface area contributed by atoms with Crippen molar-refractivity contribution >= 4 is 0 Å². The molecule has 0 radical (unpaired) electrons. The summed E-state index contributed by atoms with van der Waals surface area (Å²) in [5.41, 5.74) is 7.51. The molecule has 1 aromatic rings. The lowest BCUT2D eigenvalue weighted by atomic mass is 9.84. The fourth-order valence-electron chi connectivity index (χ4n) is 3.47. The van der Waals surface area contributed by atoms with E-state index in [-0.39, 0.29) is 5.54 Å². The van der Waals surface area contributed by atoms with E-state index >= 15 is 0 Å². The van der Waals surface area contributed by atoms with Crippen molar-refractivity contribution in [3.8, 4) is 5.75 Å². The maximum absolute atomic E-state index is 6.21. The molecule has 98 valence electrons. The van der Waals surface area contributed by atoms with Gasteiger partial charge in [0.15, 0.2) is 0 Å². The van der Waals surface area contributed by atoms with E-state index in [1.165, 1.54) is 31.5 Å². The third kappa shape index (κ3) is 1.82. The lowest BCUT2D eigenvalue weighted by molar-refractivity contribution is 0.112. The summed E-state index contributed by atoms with van der Waals surface area (Å²) >= 11 is 0. The van der Waals surface area contributed by atoms with Gasteiger partial charge in [-0.05, 0) is 44.8 Å². The molecule has 1 unspecified atom stereocenters. The summed E-state index contributed by atoms with van der Waals surface area (Å²) in [5, 5.41) is 0. The Hall–Kier alpha value is -1.06. The molecule has 0 amide bonds. The molecule has 3 heteroatoms. The number of ether oxygens (including phenoxy) is 1. The zero-order chi connectivity index (χ0) is 12.4. The Morgan fingerprint density at radius 1 is 1.17 bits per heavy atom. The first-order valence-electron chi connectivity index (χ1n) is 7.04. The smallest absolute Gasteiger partial charge is 0.124 e. The topological polar surface area (TPSA) is 38.5 Å². The average Bonchev–Trinajstić information content (AvgIpc) is 2.88. The van der Waals surface area contributed by atoms with E-state index in [1.807, 2.05) is 0 Å². The molecule has 2 aliphatic heterocycles. The van der Waals surface area contributed by atoms with E-state index in [0.29, 0.717) is 6.54 Å². The summed E-state index contributed by atoms with van der Waals surface area (Å²) in [7, 11) is 0. The van der Waals surface area contributed by atoms with Gasteiger partial charge in [-0.3, -0.25) is 4.90 Å². The Morgan fingerprint density at radius 3 is 2.72 bits per heavy atom. The Bertz CT molecular complexity index is 415. The number of likely N-dealkylation sites (tertiary alicyclic amines) is 1. The summed E-state index contributed by atoms with van der Waals surface area (Å²) in [4.78, 5) is 2.58. The van der Waals surface area contributed by atoms with Crippen LogP contribution in [0.25, 0.3) is 0 Å². The van der Waals surface area contributed by atoms with Gasteiger partial charge >= 0.3 is 0 Å². The molecule has 1 atom stereocenters. The van der Waals surface area contributed by atoms with Gasteiger partial charge in [0.1, 0.15) is 5.75 Å². The molecule has 2 heterocycles. The highest BCUT2D eigenvalue weighted by molar-refractivity contribution is 5.40. The molecule has 1 saturated heterocycles. The minimum absolute atomic E-state index is 0.00356. The van der Waals surface area contributed by atoms with Crippen molar-refractivity contribution in [2.75, 3.05) is 26.2 Å². The lowest BCUT2D eigenvalue weighted by Crippen LogP contribution is -2.49. The van der Waals surface area contributed by atoms with Crippen LogP contribution >= 0.6 is 0 Å². The van der Waals surface area contributed by atoms with E-state index in [0.717, 1.165) is 25.2 Å². The number of rotatable bonds is 2. The van der Waals surface area contributed by atoms with Crippen molar-refractivity contribution in [3.63, 3.8) is 0 Å². The maximum Gasteiger partial charge on any atom is 0.124 e. The summed E-state index contributed by atoms with van der Waals surface area (Å²) in [6.45, 7) is 3.84. The zero-order valence-corrected chi connectivity index (χ0v) is 10.9. The van der Waals surface area contributed by atoms with Gasteiger partial charge in [-0.1, -0.05) is 18.2 Å². The number of para-hydroxylation sites is 1. The monoisotopic (exact) mass is 246 g/mol. The molecule has 1 aromatic carbocycles. The van der Waals surface area contributed by atoms with Crippen molar-refractivity contribution in [1.29, 1.82) is 0 Å². The van der Waals surface area contributed by atoms with Crippen LogP contribution in [0.4, 0.5) is 0 Å². The van der Waals surface area contributed by atoms with E-state index < -0.39 is 0 Å². The van der Waals surface area contributed by atoms with E-state index in [9.17, 15) is 0 Å². The highest BCUT2D eigenvalue weighted by Gasteiger charge is 2.41. The number of benzene rings is 1. The van der Waals surface area contributed by atoms with Crippen LogP contribution in [0.15, 0.2) is 24.3 Å². The summed E-state index contributed by atoms with van der Waals surface area (Å²) in [6.07, 6.45) is 4.79. The fraction of sp³-hybridized carbons (Fsp3) is 0.600. The molecule has 2 aliphatic rings. The molecule has 1 fully saturated rings. The first-order chi connectivity index (χ1) is 8.87. The molecule has 0 aromatic heterocycles. The van der Waals surface area contributed by atoms with Gasteiger partial charge < -0.3 is 10.5 Å². The predicted molar refractivity (Wildman–Crippen MR) is 72.7 cm³/mol. The Labute approximate surface area is 109 Å². The van der Waals surface area contributed by atoms with Crippen molar-refractivity contribution in [1.82, 2.24) is 4.90 Å². The Balaban J connectivity index is 2.06. The van der Waals surface area contributed by atoms with Crippen molar-refractivity contribution in [2.45, 2.75) is 31.2 Å². The van der Waals surface area contributed by atoms with Crippen LogP contribution in [0.3, 0.4) is 0 Å². The van der Waals surface area contributed by atoms with Gasteiger partial charge in [0.25, 0.3) is 0 Å². The van der Waals surface area contributed by atoms with Crippen LogP contribution in [-0.2, 0) is 5.54 Å². The van der Waals surface area contributed by atoms with Crippen LogP contribution in [-0.4, -0.2) is 31.1 Å². The second-order valence-electron chi connectivity index (χ2n) is 5.38. The summed E-state index contributed by atoms with van der Waals surface area (Å²) < 4.78 is 5.88. The SMILES string of the molecule is NCC1(N2CCCC2)CCCOc2ccccc21. The average molecular weight is 246 g/mol. The van der Waals surface area contributed by atoms with Gasteiger partial charge in [0.05, 0.1) is 12.1 Å². The fourth-order valence-corrected chi connectivity index (χ4v) is 3.47. The molecular weight excluding hydrogens is 224 g/mol. The predicted octanol–water partition coefficient (Wildman–Crippen LogP) is 2.11. The molecule has 0 spiro atoms. The van der Waals surface area contributed by atoms with Crippen LogP contribution in [0.2, 0.25) is 0 Å². The number of hydrogen-bond donors (Lipinski definition) is 1. The van der Waals surface area contributed by atoms with Crippen molar-refractivity contribution in [2.24, 2.45) is 5.73 Å². The molecular formula is C15H22N2O. The minimum Gasteiger partial charge on any atom is -0.493 e. The molecule has 18 heavy (non-hydrogen) atoms. The second-order valence-corrected chi connectivity index (χ2v) is 5.38. The van der Waals surface area contributed by atoms with Gasteiger partial charge in [0, 0.05) is 12.1 Å². The van der Waals surface area contributed by atoms with Gasteiger partial charge in [-0.15, -0.1) is 0 Å². The maximum atomic E-state index is 6.21. The number of hydrogen-bond acceptors (Lipinski definition) is 3. The molecule has 2 N–H and O–H groups in total. The van der Waals surface area contributed by atoms with E-state index in [2.05, 4.69) is 29.2 Å². The molecule has 0 aliphatic carbocycles. The van der Waals surface area contributed by atoms with Crippen LogP contribution < -0.4 is 10.5 Å². The Kier molecular flexibility index (Phi) is 3.27. The van der Waals surface area contributed by atoms with Crippen molar-refractivity contribution < 1.29 is 4.74 Å². The van der Waals surface area contributed by atoms with Gasteiger partial charge in [0.2, 0.25) is 0 Å². The molecule has 3 rings (SSSR count). The van der Waals surface area contributed by atoms with Crippen molar-refractivity contribution in [3.05, 3.63) is 29.8 Å². The van der Waals surface area contributed by atoms with Gasteiger partial charge in [-0.2, -0.15) is 0 Å². The number of fused-ring (bicyclic) bond motifs is 1. The van der Waals surface area contributed by atoms with E-state index in [4.69, 9.17) is 10.5 Å². The van der Waals surface area contributed by atoms with Crippen LogP contribution in [0, 0.1) is 0 Å². The largest absolute Gasteiger partial charge is 0.493 e. The first-order valence-corrected chi connectivity index (χ1v) is 7.04. The van der Waals surface area contributed by atoms with Crippen LogP contribution in [0.5, 0.6) is 5.75 Å². The summed E-state index contributed by atoms with van der Waals surface area (Å²) in [5.74, 6) is 1.03. The highest BCUT2D eigenvalue weighted by atomic mass is 16.5. The third-order valence-electron chi connectivity index (χ3n) is 4.43. The quantitative estimate of drug-likeness (QED) is 0.868. The van der Waals surface area contributed by atoms with Crippen LogP contribution in [0.1, 0.15) is 31.2 Å². The minimum atomic E-state index is 0.00356. The highest BCUT2D eigenvalue weighted by Crippen LogP contribution is 2.41. The summed E-state index contributed by atoms with van der Waals surface area (Å²) in [6, 6.07) is 8.44.